The minimum atomic E-state index is 0.474. The molecule has 1 heterocycles. The highest BCUT2D eigenvalue weighted by Crippen LogP contribution is 2.26. The van der Waals surface area contributed by atoms with Crippen molar-refractivity contribution in [2.24, 2.45) is 0 Å². The summed E-state index contributed by atoms with van der Waals surface area (Å²) in [6.45, 7) is 4.22. The zero-order valence-corrected chi connectivity index (χ0v) is 11.3. The normalized spacial score (nSPS) is 10.5. The predicted octanol–water partition coefficient (Wildman–Crippen LogP) is 4.04. The van der Waals surface area contributed by atoms with Crippen LogP contribution in [-0.2, 0) is 5.75 Å². The topological polar surface area (TPSA) is 25.8 Å². The van der Waals surface area contributed by atoms with Crippen LogP contribution in [0.1, 0.15) is 16.7 Å². The maximum absolute atomic E-state index is 5.96. The van der Waals surface area contributed by atoms with Gasteiger partial charge >= 0.3 is 0 Å². The maximum Gasteiger partial charge on any atom is 0.161 e. The van der Waals surface area contributed by atoms with Gasteiger partial charge in [0.25, 0.3) is 0 Å². The van der Waals surface area contributed by atoms with E-state index < -0.39 is 0 Å². The molecule has 0 atom stereocenters. The molecule has 0 aliphatic rings. The summed E-state index contributed by atoms with van der Waals surface area (Å²) < 4.78 is 0. The van der Waals surface area contributed by atoms with Crippen LogP contribution in [-0.4, -0.2) is 9.97 Å². The second-order valence-electron chi connectivity index (χ2n) is 3.94. The molecule has 0 spiro atoms. The van der Waals surface area contributed by atoms with Crippen LogP contribution >= 0.6 is 23.4 Å². The number of nitrogens with zero attached hydrogens (tertiary/aromatic N) is 2. The van der Waals surface area contributed by atoms with Crippen LogP contribution in [0.25, 0.3) is 0 Å². The van der Waals surface area contributed by atoms with Crippen molar-refractivity contribution in [3.05, 3.63) is 52.4 Å². The standard InChI is InChI=1S/C13H13ClN2S/c1-9-5-10(2)7-11(6-9)8-17-13-12(14)15-3-4-16-13/h3-7H,8H2,1-2H3. The maximum atomic E-state index is 5.96. The highest BCUT2D eigenvalue weighted by molar-refractivity contribution is 7.98. The Bertz CT molecular complexity index is 508. The van der Waals surface area contributed by atoms with E-state index in [1.807, 2.05) is 0 Å². The largest absolute Gasteiger partial charge is 0.245 e. The fourth-order valence-electron chi connectivity index (χ4n) is 1.71. The van der Waals surface area contributed by atoms with E-state index in [4.69, 9.17) is 11.6 Å². The first-order valence-electron chi connectivity index (χ1n) is 5.31. The molecule has 88 valence electrons. The van der Waals surface area contributed by atoms with E-state index in [2.05, 4.69) is 42.0 Å². The van der Waals surface area contributed by atoms with E-state index in [0.717, 1.165) is 10.8 Å². The van der Waals surface area contributed by atoms with Crippen molar-refractivity contribution in [1.82, 2.24) is 9.97 Å². The molecule has 0 N–H and O–H groups in total. The lowest BCUT2D eigenvalue weighted by Gasteiger charge is -2.05. The average Bonchev–Trinajstić information content (AvgIpc) is 2.27. The van der Waals surface area contributed by atoms with E-state index >= 15 is 0 Å². The lowest BCUT2D eigenvalue weighted by atomic mass is 10.1. The van der Waals surface area contributed by atoms with Crippen LogP contribution in [0.15, 0.2) is 35.6 Å². The third-order valence-electron chi connectivity index (χ3n) is 2.28. The highest BCUT2D eigenvalue weighted by atomic mass is 35.5. The zero-order valence-electron chi connectivity index (χ0n) is 9.77. The zero-order chi connectivity index (χ0) is 12.3. The molecule has 17 heavy (non-hydrogen) atoms. The van der Waals surface area contributed by atoms with Crippen LogP contribution in [0.2, 0.25) is 5.15 Å². The van der Waals surface area contributed by atoms with Gasteiger partial charge in [-0.1, -0.05) is 52.7 Å². The summed E-state index contributed by atoms with van der Waals surface area (Å²) in [6, 6.07) is 6.54. The van der Waals surface area contributed by atoms with E-state index in [1.165, 1.54) is 16.7 Å². The molecule has 0 saturated carbocycles. The Morgan fingerprint density at radius 2 is 1.71 bits per heavy atom. The van der Waals surface area contributed by atoms with Crippen molar-refractivity contribution in [1.29, 1.82) is 0 Å². The Labute approximate surface area is 110 Å². The molecule has 0 radical (unpaired) electrons. The molecule has 2 aromatic rings. The summed E-state index contributed by atoms with van der Waals surface area (Å²) in [7, 11) is 0. The summed E-state index contributed by atoms with van der Waals surface area (Å²) in [5.74, 6) is 0.862. The molecule has 2 rings (SSSR count). The number of thioether (sulfide) groups is 1. The van der Waals surface area contributed by atoms with Gasteiger partial charge in [-0.2, -0.15) is 0 Å². The van der Waals surface area contributed by atoms with Crippen molar-refractivity contribution in [2.45, 2.75) is 24.6 Å². The van der Waals surface area contributed by atoms with Crippen LogP contribution in [0.5, 0.6) is 0 Å². The summed E-state index contributed by atoms with van der Waals surface area (Å²) in [5.41, 5.74) is 3.85. The summed E-state index contributed by atoms with van der Waals surface area (Å²) >= 11 is 7.57. The molecule has 0 amide bonds. The Morgan fingerprint density at radius 1 is 1.06 bits per heavy atom. The molecule has 0 unspecified atom stereocenters. The minimum Gasteiger partial charge on any atom is -0.245 e. The quantitative estimate of drug-likeness (QED) is 0.783. The van der Waals surface area contributed by atoms with Crippen LogP contribution in [0, 0.1) is 13.8 Å². The third-order valence-corrected chi connectivity index (χ3v) is 3.72. The smallest absolute Gasteiger partial charge is 0.161 e. The Kier molecular flexibility index (Phi) is 4.02. The summed E-state index contributed by atoms with van der Waals surface area (Å²) in [6.07, 6.45) is 3.26. The van der Waals surface area contributed by atoms with Gasteiger partial charge in [0, 0.05) is 18.1 Å². The second-order valence-corrected chi connectivity index (χ2v) is 5.26. The molecule has 1 aromatic carbocycles. The molecule has 0 fully saturated rings. The number of halogens is 1. The molecule has 2 nitrogen and oxygen atoms in total. The van der Waals surface area contributed by atoms with Gasteiger partial charge in [0.15, 0.2) is 5.15 Å². The van der Waals surface area contributed by atoms with E-state index in [1.54, 1.807) is 24.2 Å². The van der Waals surface area contributed by atoms with E-state index in [0.29, 0.717) is 5.15 Å². The first-order chi connectivity index (χ1) is 8.15. The van der Waals surface area contributed by atoms with Gasteiger partial charge in [-0.3, -0.25) is 0 Å². The van der Waals surface area contributed by atoms with E-state index in [-0.39, 0.29) is 0 Å². The van der Waals surface area contributed by atoms with Crippen LogP contribution in [0.3, 0.4) is 0 Å². The molecule has 0 bridgehead atoms. The fraction of sp³-hybridized carbons (Fsp3) is 0.231. The molecule has 1 aromatic heterocycles. The first-order valence-corrected chi connectivity index (χ1v) is 6.68. The first kappa shape index (κ1) is 12.4. The number of benzene rings is 1. The molecule has 0 aliphatic carbocycles. The van der Waals surface area contributed by atoms with Crippen molar-refractivity contribution >= 4 is 23.4 Å². The summed E-state index contributed by atoms with van der Waals surface area (Å²) in [4.78, 5) is 8.22. The number of hydrogen-bond acceptors (Lipinski definition) is 3. The third kappa shape index (κ3) is 3.45. The van der Waals surface area contributed by atoms with E-state index in [9.17, 15) is 0 Å². The van der Waals surface area contributed by atoms with Gasteiger partial charge in [0.1, 0.15) is 5.03 Å². The van der Waals surface area contributed by atoms with Gasteiger partial charge in [0.2, 0.25) is 0 Å². The predicted molar refractivity (Wildman–Crippen MR) is 72.5 cm³/mol. The average molecular weight is 265 g/mol. The SMILES string of the molecule is Cc1cc(C)cc(CSc2nccnc2Cl)c1. The van der Waals surface area contributed by atoms with Gasteiger partial charge in [-0.15, -0.1) is 0 Å². The van der Waals surface area contributed by atoms with Crippen molar-refractivity contribution < 1.29 is 0 Å². The van der Waals surface area contributed by atoms with Gasteiger partial charge < -0.3 is 0 Å². The highest BCUT2D eigenvalue weighted by Gasteiger charge is 2.04. The number of aromatic nitrogens is 2. The minimum absolute atomic E-state index is 0.474. The number of hydrogen-bond donors (Lipinski definition) is 0. The Morgan fingerprint density at radius 3 is 2.35 bits per heavy atom. The molecule has 4 heteroatoms. The van der Waals surface area contributed by atoms with Gasteiger partial charge in [-0.25, -0.2) is 9.97 Å². The van der Waals surface area contributed by atoms with Crippen LogP contribution in [0.4, 0.5) is 0 Å². The van der Waals surface area contributed by atoms with Gasteiger partial charge in [-0.05, 0) is 19.4 Å². The number of rotatable bonds is 3. The molecule has 0 aliphatic heterocycles. The van der Waals surface area contributed by atoms with Crippen molar-refractivity contribution in [2.75, 3.05) is 0 Å². The van der Waals surface area contributed by atoms with Crippen LogP contribution < -0.4 is 0 Å². The second kappa shape index (κ2) is 5.52. The molecule has 0 saturated heterocycles. The Balaban J connectivity index is 2.10. The molecular weight excluding hydrogens is 252 g/mol. The van der Waals surface area contributed by atoms with Crippen molar-refractivity contribution in [3.63, 3.8) is 0 Å². The monoisotopic (exact) mass is 264 g/mol. The summed E-state index contributed by atoms with van der Waals surface area (Å²) in [5, 5.41) is 1.26. The Hall–Kier alpha value is -1.06. The molecular formula is C13H13ClN2S. The fourth-order valence-corrected chi connectivity index (χ4v) is 2.76. The lowest BCUT2D eigenvalue weighted by molar-refractivity contribution is 1.05. The number of aryl methyl sites for hydroxylation is 2. The van der Waals surface area contributed by atoms with Gasteiger partial charge in [0.05, 0.1) is 0 Å². The lowest BCUT2D eigenvalue weighted by Crippen LogP contribution is -1.88. The van der Waals surface area contributed by atoms with Crippen molar-refractivity contribution in [3.8, 4) is 0 Å².